The van der Waals surface area contributed by atoms with E-state index in [0.717, 1.165) is 0 Å². The molecule has 190 valence electrons. The lowest BCUT2D eigenvalue weighted by molar-refractivity contribution is 0.186. The normalized spacial score (nSPS) is 10.4. The van der Waals surface area contributed by atoms with Crippen molar-refractivity contribution in [1.29, 1.82) is 0 Å². The molecular weight excluding hydrogens is 486 g/mol. The Morgan fingerprint density at radius 3 is 2.34 bits per heavy atom. The molecule has 0 aliphatic rings. The third kappa shape index (κ3) is 6.00. The second kappa shape index (κ2) is 11.0. The van der Waals surface area contributed by atoms with E-state index < -0.39 is 12.1 Å². The fourth-order valence-corrected chi connectivity index (χ4v) is 3.59. The Morgan fingerprint density at radius 1 is 0.737 bits per heavy atom. The molecule has 0 unspecified atom stereocenters. The highest BCUT2D eigenvalue weighted by atomic mass is 16.5. The van der Waals surface area contributed by atoms with Gasteiger partial charge in [0.25, 0.3) is 0 Å². The molecule has 4 aromatic carbocycles. The van der Waals surface area contributed by atoms with E-state index in [4.69, 9.17) is 9.47 Å². The van der Waals surface area contributed by atoms with Crippen molar-refractivity contribution in [2.24, 2.45) is 0 Å². The number of nitrogens with zero attached hydrogens (tertiary/aromatic N) is 1. The first-order valence-corrected chi connectivity index (χ1v) is 11.6. The Labute approximate surface area is 217 Å². The molecule has 1 heterocycles. The van der Waals surface area contributed by atoms with Crippen LogP contribution in [0.25, 0.3) is 11.0 Å². The minimum Gasteiger partial charge on any atom is -0.457 e. The van der Waals surface area contributed by atoms with Gasteiger partial charge in [-0.25, -0.2) is 14.6 Å². The lowest BCUT2D eigenvalue weighted by Gasteiger charge is -2.13. The van der Waals surface area contributed by atoms with Crippen molar-refractivity contribution in [2.45, 2.75) is 0 Å². The Kier molecular flexibility index (Phi) is 7.03. The van der Waals surface area contributed by atoms with Gasteiger partial charge in [-0.3, -0.25) is 5.32 Å². The number of imidazole rings is 1. The third-order valence-corrected chi connectivity index (χ3v) is 5.29. The number of carbonyl (C=O) groups excluding carboxylic acids is 2. The molecule has 5 aromatic rings. The summed E-state index contributed by atoms with van der Waals surface area (Å²) in [6, 6.07) is 28.3. The molecule has 38 heavy (non-hydrogen) atoms. The predicted molar refractivity (Wildman–Crippen MR) is 144 cm³/mol. The first-order chi connectivity index (χ1) is 18.6. The second-order valence-electron chi connectivity index (χ2n) is 8.00. The van der Waals surface area contributed by atoms with E-state index in [1.165, 1.54) is 7.11 Å². The van der Waals surface area contributed by atoms with Crippen molar-refractivity contribution < 1.29 is 23.8 Å². The van der Waals surface area contributed by atoms with Crippen LogP contribution in [0, 0.1) is 0 Å². The molecule has 0 saturated heterocycles. The molecule has 0 atom stereocenters. The van der Waals surface area contributed by atoms with E-state index in [1.807, 2.05) is 42.5 Å². The van der Waals surface area contributed by atoms with Gasteiger partial charge >= 0.3 is 12.1 Å². The third-order valence-electron chi connectivity index (χ3n) is 5.29. The van der Waals surface area contributed by atoms with E-state index in [0.29, 0.717) is 45.4 Å². The van der Waals surface area contributed by atoms with Gasteiger partial charge in [-0.15, -0.1) is 0 Å². The molecule has 0 bridgehead atoms. The number of carbonyl (C=O) groups is 2. The van der Waals surface area contributed by atoms with Crippen LogP contribution in [0.2, 0.25) is 0 Å². The summed E-state index contributed by atoms with van der Waals surface area (Å²) >= 11 is 0. The molecule has 0 aliphatic carbocycles. The molecule has 0 spiro atoms. The summed E-state index contributed by atoms with van der Waals surface area (Å²) in [4.78, 5) is 31.4. The molecule has 3 amide bonds. The van der Waals surface area contributed by atoms with Crippen molar-refractivity contribution in [2.75, 3.05) is 23.1 Å². The monoisotopic (exact) mass is 509 g/mol. The average molecular weight is 510 g/mol. The van der Waals surface area contributed by atoms with E-state index >= 15 is 0 Å². The van der Waals surface area contributed by atoms with Gasteiger partial charge in [0.15, 0.2) is 5.75 Å². The van der Waals surface area contributed by atoms with Crippen LogP contribution in [0.3, 0.4) is 0 Å². The zero-order valence-corrected chi connectivity index (χ0v) is 20.2. The molecule has 10 nitrogen and oxygen atoms in total. The molecule has 4 N–H and O–H groups in total. The Hall–Kier alpha value is -5.51. The highest BCUT2D eigenvalue weighted by molar-refractivity contribution is 6.00. The number of hydrogen-bond acceptors (Lipinski definition) is 6. The Morgan fingerprint density at radius 2 is 1.50 bits per heavy atom. The maximum absolute atomic E-state index is 12.7. The van der Waals surface area contributed by atoms with Gasteiger partial charge in [0.1, 0.15) is 17.2 Å². The van der Waals surface area contributed by atoms with Crippen LogP contribution in [-0.2, 0) is 4.74 Å². The number of rotatable bonds is 7. The predicted octanol–water partition coefficient (Wildman–Crippen LogP) is 6.97. The van der Waals surface area contributed by atoms with E-state index in [1.54, 1.807) is 54.6 Å². The van der Waals surface area contributed by atoms with Gasteiger partial charge in [-0.1, -0.05) is 36.4 Å². The highest BCUT2D eigenvalue weighted by Gasteiger charge is 2.11. The molecule has 0 fully saturated rings. The number of urea groups is 1. The number of H-pyrrole nitrogens is 1. The summed E-state index contributed by atoms with van der Waals surface area (Å²) in [5.41, 5.74) is 2.37. The number of aromatic amines is 1. The van der Waals surface area contributed by atoms with Crippen LogP contribution in [0.5, 0.6) is 23.0 Å². The van der Waals surface area contributed by atoms with Crippen LogP contribution in [0.1, 0.15) is 0 Å². The maximum Gasteiger partial charge on any atom is 0.413 e. The van der Waals surface area contributed by atoms with E-state index in [-0.39, 0.29) is 5.95 Å². The van der Waals surface area contributed by atoms with Crippen molar-refractivity contribution in [1.82, 2.24) is 9.97 Å². The van der Waals surface area contributed by atoms with Crippen LogP contribution < -0.4 is 25.4 Å². The summed E-state index contributed by atoms with van der Waals surface area (Å²) in [7, 11) is 1.27. The standard InChI is InChI=1S/C28H23N5O5/c1-36-28(35)33-26-30-22-15-14-21(17-24(22)31-26)37-20-11-7-8-18(16-20)29-27(34)32-23-12-5-6-13-25(23)38-19-9-3-2-4-10-19/h2-17H,1H3,(H2,29,32,34)(H2,30,31,33,35). The molecule has 0 radical (unpaired) electrons. The molecule has 0 saturated carbocycles. The number of para-hydroxylation sites is 3. The number of aromatic nitrogens is 2. The average Bonchev–Trinajstić information content (AvgIpc) is 3.32. The highest BCUT2D eigenvalue weighted by Crippen LogP contribution is 2.30. The van der Waals surface area contributed by atoms with Crippen molar-refractivity contribution in [3.63, 3.8) is 0 Å². The zero-order valence-electron chi connectivity index (χ0n) is 20.2. The molecule has 10 heteroatoms. The molecular formula is C28H23N5O5. The Balaban J connectivity index is 1.24. The lowest BCUT2D eigenvalue weighted by atomic mass is 10.2. The lowest BCUT2D eigenvalue weighted by Crippen LogP contribution is -2.19. The van der Waals surface area contributed by atoms with Crippen molar-refractivity contribution in [3.8, 4) is 23.0 Å². The first kappa shape index (κ1) is 24.2. The molecule has 0 aliphatic heterocycles. The summed E-state index contributed by atoms with van der Waals surface area (Å²) in [5.74, 6) is 2.50. The number of benzene rings is 4. The minimum absolute atomic E-state index is 0.261. The SMILES string of the molecule is COC(=O)Nc1nc2ccc(Oc3cccc(NC(=O)Nc4ccccc4Oc4ccccc4)c3)cc2[nH]1. The van der Waals surface area contributed by atoms with Gasteiger partial charge in [0.05, 0.1) is 23.8 Å². The number of amides is 3. The topological polar surface area (TPSA) is 127 Å². The van der Waals surface area contributed by atoms with Gasteiger partial charge in [0, 0.05) is 17.8 Å². The molecule has 1 aromatic heterocycles. The largest absolute Gasteiger partial charge is 0.457 e. The van der Waals surface area contributed by atoms with Crippen LogP contribution in [0.4, 0.5) is 26.9 Å². The minimum atomic E-state index is -0.624. The number of ether oxygens (including phenoxy) is 3. The van der Waals surface area contributed by atoms with Crippen LogP contribution in [-0.4, -0.2) is 29.2 Å². The number of methoxy groups -OCH3 is 1. The van der Waals surface area contributed by atoms with Gasteiger partial charge in [-0.2, -0.15) is 0 Å². The fourth-order valence-electron chi connectivity index (χ4n) is 3.59. The number of nitrogens with one attached hydrogen (secondary N) is 4. The smallest absolute Gasteiger partial charge is 0.413 e. The van der Waals surface area contributed by atoms with Crippen LogP contribution >= 0.6 is 0 Å². The summed E-state index contributed by atoms with van der Waals surface area (Å²) in [6.07, 6.45) is -0.624. The van der Waals surface area contributed by atoms with E-state index in [9.17, 15) is 9.59 Å². The fraction of sp³-hybridized carbons (Fsp3) is 0.0357. The zero-order chi connectivity index (χ0) is 26.3. The van der Waals surface area contributed by atoms with Crippen LogP contribution in [0.15, 0.2) is 97.1 Å². The van der Waals surface area contributed by atoms with Gasteiger partial charge in [0.2, 0.25) is 5.95 Å². The van der Waals surface area contributed by atoms with E-state index in [2.05, 4.69) is 30.7 Å². The first-order valence-electron chi connectivity index (χ1n) is 11.6. The summed E-state index contributed by atoms with van der Waals surface area (Å²) < 4.78 is 16.5. The summed E-state index contributed by atoms with van der Waals surface area (Å²) in [5, 5.41) is 8.12. The maximum atomic E-state index is 12.7. The number of fused-ring (bicyclic) bond motifs is 1. The number of hydrogen-bond donors (Lipinski definition) is 4. The number of anilines is 3. The van der Waals surface area contributed by atoms with Crippen molar-refractivity contribution >= 4 is 40.5 Å². The van der Waals surface area contributed by atoms with Gasteiger partial charge in [-0.05, 0) is 48.5 Å². The van der Waals surface area contributed by atoms with Gasteiger partial charge < -0.3 is 29.8 Å². The van der Waals surface area contributed by atoms with Crippen molar-refractivity contribution in [3.05, 3.63) is 97.1 Å². The molecule has 5 rings (SSSR count). The Bertz CT molecular complexity index is 1590. The second-order valence-corrected chi connectivity index (χ2v) is 8.00. The summed E-state index contributed by atoms with van der Waals surface area (Å²) in [6.45, 7) is 0. The quantitative estimate of drug-likeness (QED) is 0.188.